The number of aryl methyl sites for hydroxylation is 1. The number of fused-ring (bicyclic) bond motifs is 2. The second kappa shape index (κ2) is 14.8. The number of ether oxygens (including phenoxy) is 3. The van der Waals surface area contributed by atoms with E-state index in [1.807, 2.05) is 59.4 Å². The largest absolute Gasteiger partial charge is 0.491 e. The first-order chi connectivity index (χ1) is 26.4. The average Bonchev–Trinajstić information content (AvgIpc) is 3.89. The summed E-state index contributed by atoms with van der Waals surface area (Å²) in [5.74, 6) is -1.19. The fraction of sp³-hybridized carbons (Fsp3) is 0.225. The molecule has 2 aliphatic heterocycles. The van der Waals surface area contributed by atoms with Crippen molar-refractivity contribution in [3.63, 3.8) is 0 Å². The molecule has 1 saturated heterocycles. The quantitative estimate of drug-likeness (QED) is 0.0801. The van der Waals surface area contributed by atoms with E-state index in [4.69, 9.17) is 19.3 Å². The van der Waals surface area contributed by atoms with E-state index in [9.17, 15) is 24.4 Å². The Morgan fingerprint density at radius 2 is 1.46 bits per heavy atom. The molecule has 5 aromatic rings. The Morgan fingerprint density at radius 1 is 0.741 bits per heavy atom. The fourth-order valence-corrected chi connectivity index (χ4v) is 6.96. The Balaban J connectivity index is 0.835. The Hall–Kier alpha value is -6.67. The van der Waals surface area contributed by atoms with Gasteiger partial charge in [0.1, 0.15) is 36.4 Å². The van der Waals surface area contributed by atoms with Crippen LogP contribution in [0.2, 0.25) is 0 Å². The summed E-state index contributed by atoms with van der Waals surface area (Å²) < 4.78 is 19.1. The van der Waals surface area contributed by atoms with Gasteiger partial charge in [0.05, 0.1) is 35.7 Å². The van der Waals surface area contributed by atoms with Gasteiger partial charge in [0.2, 0.25) is 11.8 Å². The maximum atomic E-state index is 13.0. The lowest BCUT2D eigenvalue weighted by atomic mass is 9.98. The third-order valence-corrected chi connectivity index (χ3v) is 9.65. The van der Waals surface area contributed by atoms with Gasteiger partial charge < -0.3 is 19.4 Å². The van der Waals surface area contributed by atoms with Crippen molar-refractivity contribution in [2.75, 3.05) is 26.4 Å². The van der Waals surface area contributed by atoms with E-state index in [-0.39, 0.29) is 37.2 Å². The van der Waals surface area contributed by atoms with Crippen LogP contribution in [-0.4, -0.2) is 86.7 Å². The first-order valence-electron chi connectivity index (χ1n) is 17.5. The van der Waals surface area contributed by atoms with Crippen LogP contribution in [-0.2, 0) is 20.7 Å². The molecule has 54 heavy (non-hydrogen) atoms. The number of benzene rings is 3. The van der Waals surface area contributed by atoms with Gasteiger partial charge in [0.15, 0.2) is 0 Å². The van der Waals surface area contributed by atoms with Gasteiger partial charge in [0, 0.05) is 41.7 Å². The van der Waals surface area contributed by atoms with Crippen LogP contribution >= 0.6 is 0 Å². The summed E-state index contributed by atoms with van der Waals surface area (Å²) in [5, 5.41) is 20.0. The molecular formula is C40H34N6O8. The molecule has 272 valence electrons. The number of hydrogen-bond donors (Lipinski definition) is 2. The molecule has 1 atom stereocenters. The van der Waals surface area contributed by atoms with E-state index in [2.05, 4.69) is 21.5 Å². The van der Waals surface area contributed by atoms with E-state index in [0.29, 0.717) is 36.8 Å². The fourth-order valence-electron chi connectivity index (χ4n) is 6.96. The smallest absolute Gasteiger partial charge is 0.262 e. The number of piperidine rings is 1. The average molecular weight is 727 g/mol. The predicted molar refractivity (Wildman–Crippen MR) is 194 cm³/mol. The second-order valence-corrected chi connectivity index (χ2v) is 12.9. The number of amides is 4. The predicted octanol–water partition coefficient (Wildman–Crippen LogP) is 4.60. The summed E-state index contributed by atoms with van der Waals surface area (Å²) in [6.45, 7) is 1.08. The van der Waals surface area contributed by atoms with E-state index >= 15 is 0 Å². The summed E-state index contributed by atoms with van der Waals surface area (Å²) in [6.07, 6.45) is 7.18. The Morgan fingerprint density at radius 3 is 2.22 bits per heavy atom. The summed E-state index contributed by atoms with van der Waals surface area (Å²) in [4.78, 5) is 54.8. The molecule has 14 nitrogen and oxygen atoms in total. The highest BCUT2D eigenvalue weighted by Gasteiger charge is 2.44. The number of hydrogen-bond acceptors (Lipinski definition) is 11. The molecule has 14 heteroatoms. The van der Waals surface area contributed by atoms with Crippen LogP contribution < -0.4 is 14.8 Å². The van der Waals surface area contributed by atoms with Gasteiger partial charge in [-0.25, -0.2) is 4.68 Å². The highest BCUT2D eigenvalue weighted by Crippen LogP contribution is 2.35. The van der Waals surface area contributed by atoms with Crippen LogP contribution in [0.25, 0.3) is 28.1 Å². The zero-order valence-electron chi connectivity index (χ0n) is 28.9. The van der Waals surface area contributed by atoms with Crippen molar-refractivity contribution in [3.8, 4) is 39.6 Å². The monoisotopic (exact) mass is 726 g/mol. The van der Waals surface area contributed by atoms with Gasteiger partial charge >= 0.3 is 0 Å². The number of aromatic nitrogens is 3. The number of rotatable bonds is 12. The first kappa shape index (κ1) is 34.4. The van der Waals surface area contributed by atoms with Crippen LogP contribution in [0.4, 0.5) is 0 Å². The lowest BCUT2D eigenvalue weighted by Gasteiger charge is -2.27. The summed E-state index contributed by atoms with van der Waals surface area (Å²) in [7, 11) is 0. The normalized spacial score (nSPS) is 17.1. The zero-order valence-corrected chi connectivity index (χ0v) is 28.9. The van der Waals surface area contributed by atoms with Crippen LogP contribution in [0, 0.1) is 0 Å². The van der Waals surface area contributed by atoms with E-state index in [1.165, 1.54) is 12.1 Å². The van der Waals surface area contributed by atoms with Crippen LogP contribution in [0.3, 0.4) is 0 Å². The maximum absolute atomic E-state index is 13.0. The zero-order chi connectivity index (χ0) is 37.2. The molecular weight excluding hydrogens is 692 g/mol. The summed E-state index contributed by atoms with van der Waals surface area (Å²) >= 11 is 0. The van der Waals surface area contributed by atoms with Gasteiger partial charge in [-0.15, -0.1) is 0 Å². The molecule has 3 aliphatic rings. The number of nitrogens with one attached hydrogen (secondary N) is 1. The highest BCUT2D eigenvalue weighted by molar-refractivity contribution is 6.23. The minimum Gasteiger partial charge on any atom is -0.491 e. The van der Waals surface area contributed by atoms with Crippen molar-refractivity contribution in [3.05, 3.63) is 114 Å². The van der Waals surface area contributed by atoms with Crippen LogP contribution in [0.1, 0.15) is 51.1 Å². The van der Waals surface area contributed by atoms with Crippen LogP contribution in [0.5, 0.6) is 11.5 Å². The lowest BCUT2D eigenvalue weighted by Crippen LogP contribution is -2.54. The topological polar surface area (TPSA) is 175 Å². The van der Waals surface area contributed by atoms with Gasteiger partial charge in [-0.1, -0.05) is 23.4 Å². The van der Waals surface area contributed by atoms with Gasteiger partial charge in [-0.3, -0.25) is 34.4 Å². The number of carbonyl (C=O) groups excluding carboxylic acids is 4. The molecule has 1 unspecified atom stereocenters. The second-order valence-electron chi connectivity index (χ2n) is 12.9. The maximum Gasteiger partial charge on any atom is 0.262 e. The van der Waals surface area contributed by atoms with E-state index in [0.717, 1.165) is 50.5 Å². The molecule has 2 N–H and O–H groups in total. The molecule has 0 spiro atoms. The minimum atomic E-state index is -1.02. The van der Waals surface area contributed by atoms with Gasteiger partial charge in [-0.05, 0) is 85.0 Å². The lowest BCUT2D eigenvalue weighted by molar-refractivity contribution is -0.136. The van der Waals surface area contributed by atoms with Crippen molar-refractivity contribution < 1.29 is 38.6 Å². The molecule has 4 amide bonds. The molecule has 8 rings (SSSR count). The van der Waals surface area contributed by atoms with Crippen LogP contribution in [0.15, 0.2) is 96.5 Å². The van der Waals surface area contributed by atoms with Crippen molar-refractivity contribution >= 4 is 29.3 Å². The first-order valence-corrected chi connectivity index (χ1v) is 17.5. The highest BCUT2D eigenvalue weighted by atomic mass is 16.5. The molecule has 3 aromatic carbocycles. The Bertz CT molecular complexity index is 2300. The molecule has 0 bridgehead atoms. The van der Waals surface area contributed by atoms with Gasteiger partial charge in [0.25, 0.3) is 11.8 Å². The molecule has 1 fully saturated rings. The Labute approximate surface area is 309 Å². The Kier molecular flexibility index (Phi) is 9.40. The number of pyridine rings is 1. The molecule has 1 aliphatic carbocycles. The number of carbonyl (C=O) groups is 4. The summed E-state index contributed by atoms with van der Waals surface area (Å²) in [6, 6.07) is 21.2. The van der Waals surface area contributed by atoms with Crippen molar-refractivity contribution in [2.45, 2.75) is 31.7 Å². The third kappa shape index (κ3) is 6.70. The minimum absolute atomic E-state index is 0.0557. The molecule has 0 radical (unpaired) electrons. The standard InChI is InChI=1S/C40H34N6O8/c47-36-12-11-35(38(48)42-36)46-39(49)31-9-7-29(22-32(31)40(46)50)54-20-18-52-17-19-53-28-5-3-27(4-6-28)45-23-33(37(43-45)24-13-15-41-16-14-24)26-1-8-30-25(21-26)2-10-34(30)44-51/h1,3-9,13-16,21-23,35,51H,2,10-12,17-20H2,(H,42,47,48)/b44-34+. The number of imide groups is 2. The molecule has 4 heterocycles. The van der Waals surface area contributed by atoms with Gasteiger partial charge in [-0.2, -0.15) is 5.10 Å². The van der Waals surface area contributed by atoms with Crippen molar-refractivity contribution in [2.24, 2.45) is 5.16 Å². The SMILES string of the molecule is O=C1CCC(N2C(=O)c3ccc(OCCOCCOc4ccc(-n5cc(-c6ccc7c(c6)CC/C7=N\O)c(-c6ccncc6)n5)cc4)cc3C2=O)C(=O)N1. The number of oxime groups is 1. The van der Waals surface area contributed by atoms with Crippen molar-refractivity contribution in [1.29, 1.82) is 0 Å². The van der Waals surface area contributed by atoms with E-state index in [1.54, 1.807) is 18.5 Å². The number of nitrogens with zero attached hydrogens (tertiary/aromatic N) is 5. The third-order valence-electron chi connectivity index (χ3n) is 9.65. The van der Waals surface area contributed by atoms with E-state index < -0.39 is 29.7 Å². The molecule has 2 aromatic heterocycles. The molecule has 0 saturated carbocycles. The summed E-state index contributed by atoms with van der Waals surface area (Å²) in [5.41, 5.74) is 7.78. The van der Waals surface area contributed by atoms with Crippen molar-refractivity contribution in [1.82, 2.24) is 25.0 Å².